The number of aryl methyl sites for hydroxylation is 2. The van der Waals surface area contributed by atoms with Crippen molar-refractivity contribution in [3.05, 3.63) is 34.9 Å². The summed E-state index contributed by atoms with van der Waals surface area (Å²) in [4.78, 5) is 0. The lowest BCUT2D eigenvalue weighted by Gasteiger charge is -2.31. The smallest absolute Gasteiger partial charge is 0.0823 e. The topological polar surface area (TPSA) is 20.2 Å². The van der Waals surface area contributed by atoms with Crippen LogP contribution in [0.5, 0.6) is 0 Å². The normalized spacial score (nSPS) is 23.5. The van der Waals surface area contributed by atoms with E-state index < -0.39 is 0 Å². The SMILES string of the molecule is CCc1ccc(C(O)C2CCCC2(C)C)cc1CC. The summed E-state index contributed by atoms with van der Waals surface area (Å²) in [6, 6.07) is 6.58. The van der Waals surface area contributed by atoms with E-state index >= 15 is 0 Å². The van der Waals surface area contributed by atoms with Crippen molar-refractivity contribution in [1.29, 1.82) is 0 Å². The summed E-state index contributed by atoms with van der Waals surface area (Å²) in [6.07, 6.45) is 5.48. The molecule has 0 saturated heterocycles. The van der Waals surface area contributed by atoms with Gasteiger partial charge in [-0.2, -0.15) is 0 Å². The summed E-state index contributed by atoms with van der Waals surface area (Å²) < 4.78 is 0. The Morgan fingerprint density at radius 3 is 2.42 bits per heavy atom. The molecule has 2 atom stereocenters. The largest absolute Gasteiger partial charge is 0.388 e. The Labute approximate surface area is 118 Å². The van der Waals surface area contributed by atoms with Gasteiger partial charge in [0.2, 0.25) is 0 Å². The minimum absolute atomic E-state index is 0.273. The fourth-order valence-electron chi connectivity index (χ4n) is 3.68. The highest BCUT2D eigenvalue weighted by atomic mass is 16.3. The van der Waals surface area contributed by atoms with Gasteiger partial charge in [0.25, 0.3) is 0 Å². The summed E-state index contributed by atoms with van der Waals surface area (Å²) >= 11 is 0. The van der Waals surface area contributed by atoms with Crippen molar-refractivity contribution < 1.29 is 5.11 Å². The van der Waals surface area contributed by atoms with E-state index in [0.717, 1.165) is 24.8 Å². The lowest BCUT2D eigenvalue weighted by atomic mass is 9.76. The van der Waals surface area contributed by atoms with E-state index in [2.05, 4.69) is 45.9 Å². The first-order valence-corrected chi connectivity index (χ1v) is 7.79. The summed E-state index contributed by atoms with van der Waals surface area (Å²) in [6.45, 7) is 9.00. The van der Waals surface area contributed by atoms with Gasteiger partial charge >= 0.3 is 0 Å². The van der Waals surface area contributed by atoms with Crippen molar-refractivity contribution in [2.75, 3.05) is 0 Å². The van der Waals surface area contributed by atoms with Gasteiger partial charge < -0.3 is 5.11 Å². The Kier molecular flexibility index (Phi) is 4.35. The van der Waals surface area contributed by atoms with Crippen LogP contribution < -0.4 is 0 Å². The van der Waals surface area contributed by atoms with Crippen LogP contribution in [0, 0.1) is 11.3 Å². The molecule has 1 fully saturated rings. The molecule has 1 saturated carbocycles. The molecular formula is C18H28O. The maximum absolute atomic E-state index is 10.7. The monoisotopic (exact) mass is 260 g/mol. The molecule has 0 bridgehead atoms. The highest BCUT2D eigenvalue weighted by molar-refractivity contribution is 5.33. The maximum Gasteiger partial charge on any atom is 0.0823 e. The van der Waals surface area contributed by atoms with Crippen molar-refractivity contribution in [3.8, 4) is 0 Å². The standard InChI is InChI=1S/C18H28O/c1-5-13-9-10-15(12-14(13)6-2)17(19)16-8-7-11-18(16,3)4/h9-10,12,16-17,19H,5-8,11H2,1-4H3. The molecule has 2 rings (SSSR count). The molecule has 0 aliphatic heterocycles. The molecule has 0 heterocycles. The van der Waals surface area contributed by atoms with Crippen LogP contribution in [0.4, 0.5) is 0 Å². The van der Waals surface area contributed by atoms with Gasteiger partial charge in [-0.3, -0.25) is 0 Å². The van der Waals surface area contributed by atoms with Gasteiger partial charge in [0.1, 0.15) is 0 Å². The van der Waals surface area contributed by atoms with Gasteiger partial charge in [0, 0.05) is 0 Å². The van der Waals surface area contributed by atoms with Crippen LogP contribution in [-0.2, 0) is 12.8 Å². The number of aliphatic hydroxyl groups is 1. The van der Waals surface area contributed by atoms with Crippen LogP contribution in [-0.4, -0.2) is 5.11 Å². The van der Waals surface area contributed by atoms with E-state index in [1.807, 2.05) is 0 Å². The molecular weight excluding hydrogens is 232 g/mol. The first-order valence-electron chi connectivity index (χ1n) is 7.79. The van der Waals surface area contributed by atoms with Crippen LogP contribution in [0.25, 0.3) is 0 Å². The van der Waals surface area contributed by atoms with Crippen molar-refractivity contribution in [3.63, 3.8) is 0 Å². The number of hydrogen-bond acceptors (Lipinski definition) is 1. The minimum atomic E-state index is -0.297. The first kappa shape index (κ1) is 14.6. The van der Waals surface area contributed by atoms with E-state index in [1.54, 1.807) is 0 Å². The molecule has 1 aliphatic rings. The zero-order valence-corrected chi connectivity index (χ0v) is 12.9. The Bertz CT molecular complexity index is 433. The fraction of sp³-hybridized carbons (Fsp3) is 0.667. The second-order valence-electron chi connectivity index (χ2n) is 6.67. The molecule has 1 nitrogen and oxygen atoms in total. The van der Waals surface area contributed by atoms with Crippen molar-refractivity contribution in [2.24, 2.45) is 11.3 Å². The number of rotatable bonds is 4. The molecule has 1 N–H and O–H groups in total. The lowest BCUT2D eigenvalue weighted by Crippen LogP contribution is -2.24. The third kappa shape index (κ3) is 2.86. The number of benzene rings is 1. The van der Waals surface area contributed by atoms with E-state index in [1.165, 1.54) is 24.0 Å². The molecule has 106 valence electrons. The summed E-state index contributed by atoms with van der Waals surface area (Å²) in [5, 5.41) is 10.7. The first-order chi connectivity index (χ1) is 8.99. The predicted molar refractivity (Wildman–Crippen MR) is 81.3 cm³/mol. The molecule has 2 unspecified atom stereocenters. The molecule has 0 aromatic heterocycles. The Balaban J connectivity index is 2.26. The van der Waals surface area contributed by atoms with E-state index in [-0.39, 0.29) is 11.5 Å². The maximum atomic E-state index is 10.7. The highest BCUT2D eigenvalue weighted by Gasteiger charge is 2.39. The minimum Gasteiger partial charge on any atom is -0.388 e. The van der Waals surface area contributed by atoms with Gasteiger partial charge in [-0.1, -0.05) is 52.3 Å². The van der Waals surface area contributed by atoms with Gasteiger partial charge in [0.15, 0.2) is 0 Å². The zero-order valence-electron chi connectivity index (χ0n) is 12.9. The average molecular weight is 260 g/mol. The van der Waals surface area contributed by atoms with Crippen molar-refractivity contribution >= 4 is 0 Å². The molecule has 1 heteroatoms. The van der Waals surface area contributed by atoms with Crippen LogP contribution in [0.2, 0.25) is 0 Å². The molecule has 19 heavy (non-hydrogen) atoms. The molecule has 0 amide bonds. The summed E-state index contributed by atoms with van der Waals surface area (Å²) in [5.41, 5.74) is 4.21. The fourth-order valence-corrected chi connectivity index (χ4v) is 3.68. The molecule has 0 radical (unpaired) electrons. The van der Waals surface area contributed by atoms with Gasteiger partial charge in [-0.15, -0.1) is 0 Å². The summed E-state index contributed by atoms with van der Waals surface area (Å²) in [5.74, 6) is 0.407. The van der Waals surface area contributed by atoms with Gasteiger partial charge in [0.05, 0.1) is 6.10 Å². The van der Waals surface area contributed by atoms with Crippen LogP contribution >= 0.6 is 0 Å². The molecule has 0 spiro atoms. The van der Waals surface area contributed by atoms with Crippen molar-refractivity contribution in [2.45, 2.75) is 65.9 Å². The predicted octanol–water partition coefficient (Wildman–Crippen LogP) is 4.67. The zero-order chi connectivity index (χ0) is 14.0. The van der Waals surface area contributed by atoms with E-state index in [9.17, 15) is 5.11 Å². The lowest BCUT2D eigenvalue weighted by molar-refractivity contribution is 0.0531. The van der Waals surface area contributed by atoms with Crippen LogP contribution in [0.15, 0.2) is 18.2 Å². The second-order valence-corrected chi connectivity index (χ2v) is 6.67. The quantitative estimate of drug-likeness (QED) is 0.834. The number of aliphatic hydroxyl groups excluding tert-OH is 1. The average Bonchev–Trinajstić information content (AvgIpc) is 2.76. The molecule has 1 aromatic rings. The second kappa shape index (κ2) is 5.66. The molecule has 1 aliphatic carbocycles. The summed E-state index contributed by atoms with van der Waals surface area (Å²) in [7, 11) is 0. The van der Waals surface area contributed by atoms with Gasteiger partial charge in [-0.05, 0) is 53.7 Å². The molecule has 1 aromatic carbocycles. The van der Waals surface area contributed by atoms with Gasteiger partial charge in [-0.25, -0.2) is 0 Å². The van der Waals surface area contributed by atoms with Crippen LogP contribution in [0.1, 0.15) is 69.8 Å². The third-order valence-corrected chi connectivity index (χ3v) is 5.05. The van der Waals surface area contributed by atoms with E-state index in [4.69, 9.17) is 0 Å². The highest BCUT2D eigenvalue weighted by Crippen LogP contribution is 2.48. The Morgan fingerprint density at radius 2 is 1.89 bits per heavy atom. The Hall–Kier alpha value is -0.820. The third-order valence-electron chi connectivity index (χ3n) is 5.05. The van der Waals surface area contributed by atoms with E-state index in [0.29, 0.717) is 5.92 Å². The number of hydrogen-bond donors (Lipinski definition) is 1. The van der Waals surface area contributed by atoms with Crippen molar-refractivity contribution in [1.82, 2.24) is 0 Å². The Morgan fingerprint density at radius 1 is 1.21 bits per heavy atom. The van der Waals surface area contributed by atoms with Crippen LogP contribution in [0.3, 0.4) is 0 Å².